The lowest BCUT2D eigenvalue weighted by Gasteiger charge is -2.07. The van der Waals surface area contributed by atoms with E-state index in [9.17, 15) is 4.39 Å². The minimum absolute atomic E-state index is 0.297. The molecule has 2 rings (SSSR count). The van der Waals surface area contributed by atoms with E-state index < -0.39 is 0 Å². The molecule has 0 spiro atoms. The highest BCUT2D eigenvalue weighted by Crippen LogP contribution is 2.16. The first-order chi connectivity index (χ1) is 8.79. The van der Waals surface area contributed by atoms with Gasteiger partial charge in [0.2, 0.25) is 0 Å². The molecular formula is C15H15FO2. The molecular weight excluding hydrogens is 231 g/mol. The van der Waals surface area contributed by atoms with Gasteiger partial charge < -0.3 is 9.47 Å². The van der Waals surface area contributed by atoms with Crippen LogP contribution < -0.4 is 9.47 Å². The van der Waals surface area contributed by atoms with Gasteiger partial charge >= 0.3 is 0 Å². The van der Waals surface area contributed by atoms with Gasteiger partial charge in [-0.05, 0) is 29.8 Å². The predicted molar refractivity (Wildman–Crippen MR) is 68.6 cm³/mol. The summed E-state index contributed by atoms with van der Waals surface area (Å²) in [5.74, 6) is 0.798. The second kappa shape index (κ2) is 6.05. The lowest BCUT2D eigenvalue weighted by atomic mass is 10.1. The normalized spacial score (nSPS) is 10.1. The summed E-state index contributed by atoms with van der Waals surface area (Å²) >= 11 is 0. The summed E-state index contributed by atoms with van der Waals surface area (Å²) < 4.78 is 23.7. The maximum Gasteiger partial charge on any atom is 0.165 e. The van der Waals surface area contributed by atoms with Gasteiger partial charge in [0.25, 0.3) is 0 Å². The van der Waals surface area contributed by atoms with Crippen LogP contribution in [0.2, 0.25) is 0 Å². The quantitative estimate of drug-likeness (QED) is 0.804. The maximum atomic E-state index is 13.3. The zero-order valence-corrected chi connectivity index (χ0v) is 10.2. The highest BCUT2D eigenvalue weighted by molar-refractivity contribution is 5.27. The zero-order valence-electron chi connectivity index (χ0n) is 10.2. The number of rotatable bonds is 5. The molecule has 0 bridgehead atoms. The summed E-state index contributed by atoms with van der Waals surface area (Å²) in [5.41, 5.74) is 1.13. The Bertz CT molecular complexity index is 494. The lowest BCUT2D eigenvalue weighted by Crippen LogP contribution is -2.02. The van der Waals surface area contributed by atoms with Crippen molar-refractivity contribution >= 4 is 0 Å². The van der Waals surface area contributed by atoms with Crippen LogP contribution in [0.15, 0.2) is 48.5 Å². The third-order valence-electron chi connectivity index (χ3n) is 2.64. The van der Waals surface area contributed by atoms with Crippen LogP contribution in [0.1, 0.15) is 5.56 Å². The first-order valence-electron chi connectivity index (χ1n) is 5.80. The molecule has 3 heteroatoms. The topological polar surface area (TPSA) is 18.5 Å². The second-order valence-electron chi connectivity index (χ2n) is 3.88. The number of hydrogen-bond donors (Lipinski definition) is 0. The Labute approximate surface area is 106 Å². The molecule has 0 fully saturated rings. The summed E-state index contributed by atoms with van der Waals surface area (Å²) in [7, 11) is 1.64. The lowest BCUT2D eigenvalue weighted by molar-refractivity contribution is 0.305. The van der Waals surface area contributed by atoms with Crippen molar-refractivity contribution in [2.75, 3.05) is 13.7 Å². The summed E-state index contributed by atoms with van der Waals surface area (Å²) in [6.45, 7) is 0.452. The molecule has 0 amide bonds. The van der Waals surface area contributed by atoms with Crippen molar-refractivity contribution in [3.8, 4) is 11.5 Å². The van der Waals surface area contributed by atoms with Crippen LogP contribution in [0.3, 0.4) is 0 Å². The molecule has 94 valence electrons. The van der Waals surface area contributed by atoms with Crippen LogP contribution in [-0.4, -0.2) is 13.7 Å². The van der Waals surface area contributed by atoms with Gasteiger partial charge in [-0.25, -0.2) is 4.39 Å². The van der Waals surface area contributed by atoms with Crippen molar-refractivity contribution in [2.24, 2.45) is 0 Å². The predicted octanol–water partition coefficient (Wildman–Crippen LogP) is 3.46. The van der Waals surface area contributed by atoms with E-state index in [0.717, 1.165) is 17.7 Å². The summed E-state index contributed by atoms with van der Waals surface area (Å²) in [6, 6.07) is 14.2. The molecule has 2 nitrogen and oxygen atoms in total. The van der Waals surface area contributed by atoms with Crippen LogP contribution in [-0.2, 0) is 6.42 Å². The molecule has 0 aliphatic carbocycles. The second-order valence-corrected chi connectivity index (χ2v) is 3.88. The number of para-hydroxylation sites is 1. The number of benzene rings is 2. The number of halogens is 1. The Hall–Kier alpha value is -2.03. The Morgan fingerprint density at radius 2 is 1.72 bits per heavy atom. The average molecular weight is 246 g/mol. The molecule has 0 saturated heterocycles. The fraction of sp³-hybridized carbons (Fsp3) is 0.200. The molecule has 0 aliphatic heterocycles. The summed E-state index contributed by atoms with van der Waals surface area (Å²) in [5, 5.41) is 0. The van der Waals surface area contributed by atoms with Gasteiger partial charge in [-0.15, -0.1) is 0 Å². The standard InChI is InChI=1S/C15H15FO2/c1-17-13-8-6-12(7-9-13)10-11-18-15-5-3-2-4-14(15)16/h2-9H,10-11H2,1H3. The molecule has 0 heterocycles. The minimum Gasteiger partial charge on any atom is -0.497 e. The van der Waals surface area contributed by atoms with Gasteiger partial charge in [-0.1, -0.05) is 24.3 Å². The molecule has 18 heavy (non-hydrogen) atoms. The summed E-state index contributed by atoms with van der Waals surface area (Å²) in [6.07, 6.45) is 0.734. The molecule has 0 atom stereocenters. The van der Waals surface area contributed by atoms with E-state index in [1.807, 2.05) is 24.3 Å². The Kier molecular flexibility index (Phi) is 4.18. The molecule has 0 aromatic heterocycles. The molecule has 2 aromatic rings. The fourth-order valence-electron chi connectivity index (χ4n) is 1.63. The van der Waals surface area contributed by atoms with Crippen molar-refractivity contribution in [1.29, 1.82) is 0 Å². The van der Waals surface area contributed by atoms with Crippen LogP contribution in [0, 0.1) is 5.82 Å². The van der Waals surface area contributed by atoms with Gasteiger partial charge in [-0.3, -0.25) is 0 Å². The van der Waals surface area contributed by atoms with Crippen LogP contribution in [0.5, 0.6) is 11.5 Å². The van der Waals surface area contributed by atoms with E-state index in [-0.39, 0.29) is 5.82 Å². The molecule has 0 saturated carbocycles. The van der Waals surface area contributed by atoms with E-state index in [4.69, 9.17) is 9.47 Å². The first kappa shape index (κ1) is 12.4. The van der Waals surface area contributed by atoms with E-state index in [1.54, 1.807) is 25.3 Å². The molecule has 0 radical (unpaired) electrons. The van der Waals surface area contributed by atoms with Crippen LogP contribution in [0.25, 0.3) is 0 Å². The van der Waals surface area contributed by atoms with Gasteiger partial charge in [0, 0.05) is 6.42 Å². The SMILES string of the molecule is COc1ccc(CCOc2ccccc2F)cc1. The van der Waals surface area contributed by atoms with Crippen molar-refractivity contribution < 1.29 is 13.9 Å². The van der Waals surface area contributed by atoms with Crippen LogP contribution in [0.4, 0.5) is 4.39 Å². The highest BCUT2D eigenvalue weighted by atomic mass is 19.1. The maximum absolute atomic E-state index is 13.3. The largest absolute Gasteiger partial charge is 0.497 e. The highest BCUT2D eigenvalue weighted by Gasteiger charge is 2.01. The van der Waals surface area contributed by atoms with E-state index in [1.165, 1.54) is 6.07 Å². The zero-order chi connectivity index (χ0) is 12.8. The fourth-order valence-corrected chi connectivity index (χ4v) is 1.63. The number of methoxy groups -OCH3 is 1. The Balaban J connectivity index is 1.86. The van der Waals surface area contributed by atoms with Crippen LogP contribution >= 0.6 is 0 Å². The monoisotopic (exact) mass is 246 g/mol. The molecule has 2 aromatic carbocycles. The van der Waals surface area contributed by atoms with Crippen molar-refractivity contribution in [2.45, 2.75) is 6.42 Å². The van der Waals surface area contributed by atoms with Crippen molar-refractivity contribution in [1.82, 2.24) is 0 Å². The van der Waals surface area contributed by atoms with Gasteiger partial charge in [-0.2, -0.15) is 0 Å². The first-order valence-corrected chi connectivity index (χ1v) is 5.80. The van der Waals surface area contributed by atoms with E-state index in [2.05, 4.69) is 0 Å². The number of hydrogen-bond acceptors (Lipinski definition) is 2. The Morgan fingerprint density at radius 1 is 1.00 bits per heavy atom. The third-order valence-corrected chi connectivity index (χ3v) is 2.64. The van der Waals surface area contributed by atoms with Gasteiger partial charge in [0.1, 0.15) is 5.75 Å². The average Bonchev–Trinajstić information content (AvgIpc) is 2.42. The van der Waals surface area contributed by atoms with Crippen molar-refractivity contribution in [3.63, 3.8) is 0 Å². The van der Waals surface area contributed by atoms with Gasteiger partial charge in [0.15, 0.2) is 11.6 Å². The van der Waals surface area contributed by atoms with E-state index in [0.29, 0.717) is 12.4 Å². The Morgan fingerprint density at radius 3 is 2.39 bits per heavy atom. The molecule has 0 N–H and O–H groups in total. The van der Waals surface area contributed by atoms with E-state index >= 15 is 0 Å². The third kappa shape index (κ3) is 3.23. The summed E-state index contributed by atoms with van der Waals surface area (Å²) in [4.78, 5) is 0. The van der Waals surface area contributed by atoms with Crippen molar-refractivity contribution in [3.05, 3.63) is 59.9 Å². The number of ether oxygens (including phenoxy) is 2. The molecule has 0 aliphatic rings. The van der Waals surface area contributed by atoms with Gasteiger partial charge in [0.05, 0.1) is 13.7 Å². The molecule has 0 unspecified atom stereocenters. The smallest absolute Gasteiger partial charge is 0.165 e. The minimum atomic E-state index is -0.327.